The molecule has 4 heteroatoms. The highest BCUT2D eigenvalue weighted by Gasteiger charge is 2.47. The van der Waals surface area contributed by atoms with Crippen molar-refractivity contribution >= 4 is 5.69 Å². The molecule has 74 valence electrons. The number of hydrogen-bond acceptors (Lipinski definition) is 3. The standard InChI is InChI=1S/C10H11NO3/c1-7-3-2-4-8(11(13)14)9(7)10(12)5-6-10/h2-4,12H,5-6H2,1H3. The van der Waals surface area contributed by atoms with Crippen LogP contribution in [0.5, 0.6) is 0 Å². The molecule has 0 amide bonds. The van der Waals surface area contributed by atoms with Gasteiger partial charge in [0.1, 0.15) is 0 Å². The Morgan fingerprint density at radius 2 is 2.14 bits per heavy atom. The molecule has 0 bridgehead atoms. The predicted molar refractivity (Wildman–Crippen MR) is 51.0 cm³/mol. The van der Waals surface area contributed by atoms with Crippen LogP contribution in [0, 0.1) is 17.0 Å². The summed E-state index contributed by atoms with van der Waals surface area (Å²) in [6, 6.07) is 4.87. The highest BCUT2D eigenvalue weighted by Crippen LogP contribution is 2.49. The Morgan fingerprint density at radius 3 is 2.64 bits per heavy atom. The second kappa shape index (κ2) is 2.78. The lowest BCUT2D eigenvalue weighted by molar-refractivity contribution is -0.386. The number of nitro benzene ring substituents is 1. The van der Waals surface area contributed by atoms with Gasteiger partial charge in [-0.25, -0.2) is 0 Å². The average Bonchev–Trinajstić information content (AvgIpc) is 2.84. The average molecular weight is 193 g/mol. The first-order valence-corrected chi connectivity index (χ1v) is 4.51. The molecule has 4 nitrogen and oxygen atoms in total. The zero-order chi connectivity index (χ0) is 10.3. The normalized spacial score (nSPS) is 17.9. The van der Waals surface area contributed by atoms with Crippen molar-refractivity contribution in [2.45, 2.75) is 25.4 Å². The molecule has 0 heterocycles. The summed E-state index contributed by atoms with van der Waals surface area (Å²) < 4.78 is 0. The van der Waals surface area contributed by atoms with E-state index in [4.69, 9.17) is 0 Å². The van der Waals surface area contributed by atoms with Crippen molar-refractivity contribution in [2.24, 2.45) is 0 Å². The highest BCUT2D eigenvalue weighted by atomic mass is 16.6. The Kier molecular flexibility index (Phi) is 1.82. The van der Waals surface area contributed by atoms with Crippen LogP contribution in [0.3, 0.4) is 0 Å². The van der Waals surface area contributed by atoms with Crippen LogP contribution in [0.25, 0.3) is 0 Å². The van der Waals surface area contributed by atoms with Crippen molar-refractivity contribution < 1.29 is 10.0 Å². The van der Waals surface area contributed by atoms with Gasteiger partial charge in [0.05, 0.1) is 16.1 Å². The molecule has 2 rings (SSSR count). The third-order valence-corrected chi connectivity index (χ3v) is 2.64. The van der Waals surface area contributed by atoms with Gasteiger partial charge >= 0.3 is 0 Å². The molecule has 0 saturated heterocycles. The van der Waals surface area contributed by atoms with Gasteiger partial charge in [-0.15, -0.1) is 0 Å². The van der Waals surface area contributed by atoms with Gasteiger partial charge in [0.2, 0.25) is 0 Å². The van der Waals surface area contributed by atoms with E-state index in [0.29, 0.717) is 18.4 Å². The fourth-order valence-corrected chi connectivity index (χ4v) is 1.78. The van der Waals surface area contributed by atoms with Gasteiger partial charge in [0, 0.05) is 6.07 Å². The maximum atomic E-state index is 10.7. The van der Waals surface area contributed by atoms with Crippen LogP contribution >= 0.6 is 0 Å². The van der Waals surface area contributed by atoms with Crippen LogP contribution in [0.15, 0.2) is 18.2 Å². The van der Waals surface area contributed by atoms with Gasteiger partial charge in [0.25, 0.3) is 5.69 Å². The molecule has 0 unspecified atom stereocenters. The number of nitro groups is 1. The quantitative estimate of drug-likeness (QED) is 0.576. The van der Waals surface area contributed by atoms with Crippen LogP contribution in [0.1, 0.15) is 24.0 Å². The largest absolute Gasteiger partial charge is 0.385 e. The third-order valence-electron chi connectivity index (χ3n) is 2.64. The molecule has 1 aromatic rings. The van der Waals surface area contributed by atoms with E-state index >= 15 is 0 Å². The SMILES string of the molecule is Cc1cccc([N+](=O)[O-])c1C1(O)CC1. The first-order valence-electron chi connectivity index (χ1n) is 4.51. The number of benzene rings is 1. The summed E-state index contributed by atoms with van der Waals surface area (Å²) in [5, 5.41) is 20.6. The zero-order valence-corrected chi connectivity index (χ0v) is 7.86. The summed E-state index contributed by atoms with van der Waals surface area (Å²) in [5.41, 5.74) is 0.377. The molecule has 1 aliphatic carbocycles. The van der Waals surface area contributed by atoms with E-state index in [2.05, 4.69) is 0 Å². The van der Waals surface area contributed by atoms with Gasteiger partial charge in [-0.2, -0.15) is 0 Å². The van der Waals surface area contributed by atoms with E-state index in [1.807, 2.05) is 0 Å². The monoisotopic (exact) mass is 193 g/mol. The lowest BCUT2D eigenvalue weighted by Crippen LogP contribution is -2.10. The Bertz CT molecular complexity index is 396. The number of aryl methyl sites for hydroxylation is 1. The van der Waals surface area contributed by atoms with Crippen molar-refractivity contribution in [2.75, 3.05) is 0 Å². The van der Waals surface area contributed by atoms with E-state index in [9.17, 15) is 15.2 Å². The second-order valence-electron chi connectivity index (χ2n) is 3.76. The molecule has 14 heavy (non-hydrogen) atoms. The minimum atomic E-state index is -0.937. The summed E-state index contributed by atoms with van der Waals surface area (Å²) >= 11 is 0. The van der Waals surface area contributed by atoms with Crippen LogP contribution in [0.4, 0.5) is 5.69 Å². The molecule has 0 aromatic heterocycles. The van der Waals surface area contributed by atoms with Crippen molar-refractivity contribution in [3.63, 3.8) is 0 Å². The smallest absolute Gasteiger partial charge is 0.275 e. The van der Waals surface area contributed by atoms with E-state index in [1.54, 1.807) is 19.1 Å². The van der Waals surface area contributed by atoms with E-state index in [-0.39, 0.29) is 5.69 Å². The third kappa shape index (κ3) is 1.28. The molecule has 1 fully saturated rings. The van der Waals surface area contributed by atoms with Crippen molar-refractivity contribution in [1.82, 2.24) is 0 Å². The Balaban J connectivity index is 2.60. The molecule has 0 radical (unpaired) electrons. The van der Waals surface area contributed by atoms with Crippen LogP contribution in [0.2, 0.25) is 0 Å². The van der Waals surface area contributed by atoms with Crippen LogP contribution < -0.4 is 0 Å². The number of rotatable bonds is 2. The number of aliphatic hydroxyl groups is 1. The summed E-state index contributed by atoms with van der Waals surface area (Å²) in [5.74, 6) is 0. The lowest BCUT2D eigenvalue weighted by atomic mass is 10.00. The molecule has 0 atom stereocenters. The molecule has 1 aromatic carbocycles. The summed E-state index contributed by atoms with van der Waals surface area (Å²) in [6.07, 6.45) is 1.25. The second-order valence-corrected chi connectivity index (χ2v) is 3.76. The Morgan fingerprint density at radius 1 is 1.50 bits per heavy atom. The first-order chi connectivity index (χ1) is 6.54. The van der Waals surface area contributed by atoms with E-state index < -0.39 is 10.5 Å². The van der Waals surface area contributed by atoms with Crippen molar-refractivity contribution in [3.05, 3.63) is 39.4 Å². The molecule has 1 saturated carbocycles. The van der Waals surface area contributed by atoms with Crippen molar-refractivity contribution in [3.8, 4) is 0 Å². The maximum absolute atomic E-state index is 10.7. The van der Waals surface area contributed by atoms with E-state index in [1.165, 1.54) is 6.07 Å². The molecule has 0 aliphatic heterocycles. The predicted octanol–water partition coefficient (Wildman–Crippen LogP) is 1.88. The Labute approximate surface area is 81.3 Å². The summed E-state index contributed by atoms with van der Waals surface area (Å²) in [4.78, 5) is 10.3. The van der Waals surface area contributed by atoms with Gasteiger partial charge in [-0.3, -0.25) is 10.1 Å². The fourth-order valence-electron chi connectivity index (χ4n) is 1.78. The Hall–Kier alpha value is -1.42. The lowest BCUT2D eigenvalue weighted by Gasteiger charge is -2.11. The van der Waals surface area contributed by atoms with Gasteiger partial charge in [-0.05, 0) is 25.3 Å². The minimum absolute atomic E-state index is 0.0324. The van der Waals surface area contributed by atoms with Gasteiger partial charge in [-0.1, -0.05) is 12.1 Å². The molecular weight excluding hydrogens is 182 g/mol. The van der Waals surface area contributed by atoms with Gasteiger partial charge in [0.15, 0.2) is 0 Å². The first kappa shape index (κ1) is 9.15. The van der Waals surface area contributed by atoms with Crippen LogP contribution in [-0.2, 0) is 5.60 Å². The summed E-state index contributed by atoms with van der Waals surface area (Å²) in [6.45, 7) is 1.79. The number of nitrogens with zero attached hydrogens (tertiary/aromatic N) is 1. The molecule has 1 N–H and O–H groups in total. The minimum Gasteiger partial charge on any atom is -0.385 e. The van der Waals surface area contributed by atoms with Crippen molar-refractivity contribution in [1.29, 1.82) is 0 Å². The van der Waals surface area contributed by atoms with E-state index in [0.717, 1.165) is 5.56 Å². The molecular formula is C10H11NO3. The van der Waals surface area contributed by atoms with Gasteiger partial charge < -0.3 is 5.11 Å². The molecule has 1 aliphatic rings. The topological polar surface area (TPSA) is 63.4 Å². The number of hydrogen-bond donors (Lipinski definition) is 1. The highest BCUT2D eigenvalue weighted by molar-refractivity contribution is 5.50. The zero-order valence-electron chi connectivity index (χ0n) is 7.86. The van der Waals surface area contributed by atoms with Crippen LogP contribution in [-0.4, -0.2) is 10.0 Å². The maximum Gasteiger partial charge on any atom is 0.275 e. The molecule has 0 spiro atoms. The summed E-state index contributed by atoms with van der Waals surface area (Å²) in [7, 11) is 0. The fraction of sp³-hybridized carbons (Fsp3) is 0.400.